The van der Waals surface area contributed by atoms with Crippen LogP contribution >= 0.6 is 0 Å². The lowest BCUT2D eigenvalue weighted by molar-refractivity contribution is 0.245. The van der Waals surface area contributed by atoms with Crippen LogP contribution < -0.4 is 5.32 Å². The molecule has 0 aliphatic rings. The monoisotopic (exact) mass is 261 g/mol. The smallest absolute Gasteiger partial charge is 0.00420 e. The van der Waals surface area contributed by atoms with Gasteiger partial charge in [0, 0.05) is 6.04 Å². The van der Waals surface area contributed by atoms with Gasteiger partial charge >= 0.3 is 0 Å². The molecular weight excluding hydrogens is 230 g/mol. The Kier molecular flexibility index (Phi) is 6.06. The van der Waals surface area contributed by atoms with Crippen molar-refractivity contribution in [1.82, 2.24) is 5.32 Å². The van der Waals surface area contributed by atoms with Crippen molar-refractivity contribution in [3.05, 3.63) is 35.4 Å². The van der Waals surface area contributed by atoms with Gasteiger partial charge in [0.05, 0.1) is 0 Å². The Morgan fingerprint density at radius 1 is 1.16 bits per heavy atom. The highest BCUT2D eigenvalue weighted by molar-refractivity contribution is 5.22. The molecule has 0 saturated heterocycles. The predicted molar refractivity (Wildman–Crippen MR) is 85.6 cm³/mol. The fourth-order valence-corrected chi connectivity index (χ4v) is 2.04. The first-order valence-electron chi connectivity index (χ1n) is 7.58. The van der Waals surface area contributed by atoms with Crippen molar-refractivity contribution in [1.29, 1.82) is 0 Å². The van der Waals surface area contributed by atoms with Crippen LogP contribution in [-0.2, 0) is 6.42 Å². The van der Waals surface area contributed by atoms with E-state index in [0.29, 0.717) is 17.4 Å². The molecule has 0 aromatic heterocycles. The summed E-state index contributed by atoms with van der Waals surface area (Å²) in [5.74, 6) is 0.703. The number of hydrogen-bond donors (Lipinski definition) is 1. The third-order valence-electron chi connectivity index (χ3n) is 4.20. The number of rotatable bonds is 6. The molecule has 1 aromatic rings. The minimum atomic E-state index is 0.392. The molecule has 2 unspecified atom stereocenters. The summed E-state index contributed by atoms with van der Waals surface area (Å²) >= 11 is 0. The largest absolute Gasteiger partial charge is 0.314 e. The summed E-state index contributed by atoms with van der Waals surface area (Å²) in [4.78, 5) is 0. The van der Waals surface area contributed by atoms with Crippen LogP contribution in [0.25, 0.3) is 0 Å². The second kappa shape index (κ2) is 7.09. The Hall–Kier alpha value is -0.820. The van der Waals surface area contributed by atoms with E-state index in [1.54, 1.807) is 0 Å². The van der Waals surface area contributed by atoms with Crippen LogP contribution in [0, 0.1) is 18.3 Å². The van der Waals surface area contributed by atoms with Gasteiger partial charge in [0.2, 0.25) is 0 Å². The van der Waals surface area contributed by atoms with Gasteiger partial charge in [0.25, 0.3) is 0 Å². The first-order chi connectivity index (χ1) is 8.79. The van der Waals surface area contributed by atoms with E-state index in [0.717, 1.165) is 6.54 Å². The second-order valence-corrected chi connectivity index (χ2v) is 7.10. The summed E-state index contributed by atoms with van der Waals surface area (Å²) in [7, 11) is 0. The predicted octanol–water partition coefficient (Wildman–Crippen LogP) is 4.59. The average molecular weight is 261 g/mol. The molecule has 0 heterocycles. The van der Waals surface area contributed by atoms with Crippen molar-refractivity contribution in [3.8, 4) is 0 Å². The van der Waals surface area contributed by atoms with Gasteiger partial charge in [-0.1, -0.05) is 57.5 Å². The van der Waals surface area contributed by atoms with E-state index in [4.69, 9.17) is 0 Å². The highest BCUT2D eigenvalue weighted by Gasteiger charge is 2.19. The summed E-state index contributed by atoms with van der Waals surface area (Å²) in [6.07, 6.45) is 2.38. The molecule has 0 aliphatic carbocycles. The molecule has 0 amide bonds. The number of benzene rings is 1. The highest BCUT2D eigenvalue weighted by Crippen LogP contribution is 2.24. The summed E-state index contributed by atoms with van der Waals surface area (Å²) in [6.45, 7) is 14.9. The van der Waals surface area contributed by atoms with Crippen molar-refractivity contribution in [2.24, 2.45) is 11.3 Å². The highest BCUT2D eigenvalue weighted by atomic mass is 14.9. The molecule has 1 N–H and O–H groups in total. The van der Waals surface area contributed by atoms with Gasteiger partial charge in [0.1, 0.15) is 0 Å². The third-order valence-corrected chi connectivity index (χ3v) is 4.20. The zero-order valence-corrected chi connectivity index (χ0v) is 13.6. The fraction of sp³-hybridized carbons (Fsp3) is 0.667. The molecule has 1 aromatic carbocycles. The molecule has 0 spiro atoms. The zero-order valence-electron chi connectivity index (χ0n) is 13.6. The Bertz CT molecular complexity index is 376. The minimum absolute atomic E-state index is 0.392. The van der Waals surface area contributed by atoms with Gasteiger partial charge in [0.15, 0.2) is 0 Å². The van der Waals surface area contributed by atoms with Crippen LogP contribution in [0.5, 0.6) is 0 Å². The average Bonchev–Trinajstić information content (AvgIpc) is 2.32. The maximum Gasteiger partial charge on any atom is 0.00420 e. The van der Waals surface area contributed by atoms with Gasteiger partial charge < -0.3 is 5.32 Å². The molecule has 0 bridgehead atoms. The van der Waals surface area contributed by atoms with E-state index >= 15 is 0 Å². The van der Waals surface area contributed by atoms with Gasteiger partial charge in [-0.25, -0.2) is 0 Å². The van der Waals surface area contributed by atoms with Crippen molar-refractivity contribution in [2.75, 3.05) is 6.54 Å². The molecule has 0 saturated carbocycles. The van der Waals surface area contributed by atoms with Crippen LogP contribution in [0.2, 0.25) is 0 Å². The zero-order chi connectivity index (χ0) is 14.5. The quantitative estimate of drug-likeness (QED) is 0.790. The normalized spacial score (nSPS) is 15.3. The maximum absolute atomic E-state index is 3.67. The first-order valence-corrected chi connectivity index (χ1v) is 7.58. The molecule has 108 valence electrons. The molecule has 2 atom stereocenters. The van der Waals surface area contributed by atoms with Gasteiger partial charge in [-0.15, -0.1) is 0 Å². The summed E-state index contributed by atoms with van der Waals surface area (Å²) < 4.78 is 0. The van der Waals surface area contributed by atoms with Crippen LogP contribution in [0.1, 0.15) is 52.2 Å². The molecular formula is C18H31N. The van der Waals surface area contributed by atoms with Crippen molar-refractivity contribution < 1.29 is 0 Å². The lowest BCUT2D eigenvalue weighted by Gasteiger charge is -2.28. The van der Waals surface area contributed by atoms with Crippen molar-refractivity contribution >= 4 is 0 Å². The number of aryl methyl sites for hydroxylation is 2. The van der Waals surface area contributed by atoms with E-state index in [2.05, 4.69) is 71.1 Å². The second-order valence-electron chi connectivity index (χ2n) is 7.10. The van der Waals surface area contributed by atoms with Gasteiger partial charge in [-0.2, -0.15) is 0 Å². The Labute approximate surface area is 119 Å². The lowest BCUT2D eigenvalue weighted by Crippen LogP contribution is -2.35. The van der Waals surface area contributed by atoms with Crippen LogP contribution in [0.15, 0.2) is 24.3 Å². The number of hydrogen-bond acceptors (Lipinski definition) is 1. The van der Waals surface area contributed by atoms with Gasteiger partial charge in [-0.05, 0) is 50.1 Å². The molecule has 1 heteroatoms. The Morgan fingerprint density at radius 2 is 1.84 bits per heavy atom. The molecule has 1 nitrogen and oxygen atoms in total. The van der Waals surface area contributed by atoms with E-state index < -0.39 is 0 Å². The van der Waals surface area contributed by atoms with E-state index in [1.165, 1.54) is 24.0 Å². The van der Waals surface area contributed by atoms with Crippen LogP contribution in [-0.4, -0.2) is 12.6 Å². The van der Waals surface area contributed by atoms with E-state index in [9.17, 15) is 0 Å². The molecule has 1 rings (SSSR count). The van der Waals surface area contributed by atoms with Crippen molar-refractivity contribution in [2.45, 2.75) is 60.4 Å². The standard InChI is InChI=1S/C18H31N/c1-14-8-7-9-17(12-14)11-10-16(3)19-13-15(2)18(4,5)6/h7-9,12,15-16,19H,10-11,13H2,1-6H3. The minimum Gasteiger partial charge on any atom is -0.314 e. The molecule has 0 aliphatic heterocycles. The van der Waals surface area contributed by atoms with Crippen LogP contribution in [0.4, 0.5) is 0 Å². The Balaban J connectivity index is 2.30. The van der Waals surface area contributed by atoms with E-state index in [-0.39, 0.29) is 0 Å². The van der Waals surface area contributed by atoms with Gasteiger partial charge in [-0.3, -0.25) is 0 Å². The summed E-state index contributed by atoms with van der Waals surface area (Å²) in [5, 5.41) is 3.67. The third kappa shape index (κ3) is 6.24. The molecule has 0 fully saturated rings. The first kappa shape index (κ1) is 16.2. The topological polar surface area (TPSA) is 12.0 Å². The van der Waals surface area contributed by atoms with Crippen LogP contribution in [0.3, 0.4) is 0 Å². The maximum atomic E-state index is 3.67. The lowest BCUT2D eigenvalue weighted by atomic mass is 9.82. The Morgan fingerprint density at radius 3 is 2.42 bits per heavy atom. The summed E-state index contributed by atoms with van der Waals surface area (Å²) in [6, 6.07) is 9.44. The fourth-order valence-electron chi connectivity index (χ4n) is 2.04. The van der Waals surface area contributed by atoms with Crippen molar-refractivity contribution in [3.63, 3.8) is 0 Å². The molecule has 19 heavy (non-hydrogen) atoms. The SMILES string of the molecule is Cc1cccc(CCC(C)NCC(C)C(C)(C)C)c1. The number of nitrogens with one attached hydrogen (secondary N) is 1. The molecule has 0 radical (unpaired) electrons. The summed E-state index contributed by atoms with van der Waals surface area (Å²) in [5.41, 5.74) is 3.21. The van der Waals surface area contributed by atoms with E-state index in [1.807, 2.05) is 0 Å².